The maximum atomic E-state index is 13.0. The lowest BCUT2D eigenvalue weighted by Gasteiger charge is -2.35. The largest absolute Gasteiger partial charge is 0.444 e. The van der Waals surface area contributed by atoms with Gasteiger partial charge in [0.25, 0.3) is 0 Å². The molecule has 0 radical (unpaired) electrons. The summed E-state index contributed by atoms with van der Waals surface area (Å²) >= 11 is 7.97. The fourth-order valence-corrected chi connectivity index (χ4v) is 6.89. The van der Waals surface area contributed by atoms with E-state index in [1.54, 1.807) is 40.1 Å². The highest BCUT2D eigenvalue weighted by Gasteiger charge is 2.44. The van der Waals surface area contributed by atoms with Gasteiger partial charge in [0.05, 0.1) is 38.2 Å². The normalized spacial score (nSPS) is 19.8. The zero-order valence-corrected chi connectivity index (χ0v) is 22.3. The first-order chi connectivity index (χ1) is 16.3. The fraction of sp³-hybridized carbons (Fsp3) is 0.348. The van der Waals surface area contributed by atoms with Crippen LogP contribution in [0, 0.1) is 0 Å². The number of ether oxygens (including phenoxy) is 1. The number of carbonyl (C=O) groups is 1. The van der Waals surface area contributed by atoms with E-state index in [4.69, 9.17) is 16.3 Å². The summed E-state index contributed by atoms with van der Waals surface area (Å²) < 4.78 is 32.3. The minimum Gasteiger partial charge on any atom is -0.444 e. The first-order valence-corrected chi connectivity index (χ1v) is 13.5. The van der Waals surface area contributed by atoms with E-state index in [1.807, 2.05) is 30.3 Å². The number of benzene rings is 1. The smallest absolute Gasteiger partial charge is 0.414 e. The molecule has 1 aliphatic heterocycles. The van der Waals surface area contributed by atoms with E-state index >= 15 is 0 Å². The maximum Gasteiger partial charge on any atom is 0.414 e. The average molecular weight is 536 g/mol. The third-order valence-corrected chi connectivity index (χ3v) is 9.00. The molecule has 186 valence electrons. The van der Waals surface area contributed by atoms with Crippen molar-refractivity contribution in [3.8, 4) is 21.8 Å². The molecule has 0 bridgehead atoms. The van der Waals surface area contributed by atoms with E-state index in [0.29, 0.717) is 9.90 Å². The number of hydrogen-bond acceptors (Lipinski definition) is 7. The Morgan fingerprint density at radius 1 is 1.29 bits per heavy atom. The molecule has 0 fully saturated rings. The van der Waals surface area contributed by atoms with Crippen molar-refractivity contribution in [3.05, 3.63) is 52.6 Å². The molecule has 0 aliphatic carbocycles. The van der Waals surface area contributed by atoms with Crippen molar-refractivity contribution in [3.63, 3.8) is 0 Å². The molecule has 35 heavy (non-hydrogen) atoms. The van der Waals surface area contributed by atoms with Gasteiger partial charge in [-0.3, -0.25) is 5.32 Å². The van der Waals surface area contributed by atoms with Crippen molar-refractivity contribution >= 4 is 45.0 Å². The molecule has 1 atom stereocenters. The molecule has 2 N–H and O–H groups in total. The summed E-state index contributed by atoms with van der Waals surface area (Å²) in [7, 11) is -2.47. The molecule has 2 aromatic heterocycles. The number of hydrogen-bond donors (Lipinski definition) is 2. The first kappa shape index (κ1) is 25.2. The van der Waals surface area contributed by atoms with Crippen LogP contribution in [-0.2, 0) is 20.3 Å². The minimum absolute atomic E-state index is 0.134. The van der Waals surface area contributed by atoms with Crippen molar-refractivity contribution in [2.45, 2.75) is 38.8 Å². The highest BCUT2D eigenvalue weighted by atomic mass is 35.5. The number of aromatic nitrogens is 2. The maximum absolute atomic E-state index is 13.0. The predicted octanol–water partition coefficient (Wildman–Crippen LogP) is 4.83. The second-order valence-corrected chi connectivity index (χ2v) is 12.8. The molecule has 1 aliphatic rings. The zero-order chi connectivity index (χ0) is 25.6. The standard InChI is InChI=1S/C23H26ClN5O4S2/c1-22(2,3)33-21(30)27-20-28-23(4,12-35(31,32)29(20)5)19-15(24)11-16(34-19)18-17(25-13-26-18)14-9-7-6-8-10-14/h6-11,13H,12H2,1-5H3,(H,25,26)(H,27,28,30)/t23-/m0/s1. The van der Waals surface area contributed by atoms with Gasteiger partial charge in [-0.15, -0.1) is 11.3 Å². The number of nitrogens with one attached hydrogen (secondary N) is 2. The minimum atomic E-state index is -3.81. The van der Waals surface area contributed by atoms with Gasteiger partial charge in [-0.05, 0) is 33.8 Å². The second-order valence-electron chi connectivity index (χ2n) is 9.34. The Bertz CT molecular complexity index is 1390. The van der Waals surface area contributed by atoms with Crippen molar-refractivity contribution in [2.24, 2.45) is 4.99 Å². The number of sulfonamides is 1. The van der Waals surface area contributed by atoms with Crippen LogP contribution in [0.25, 0.3) is 21.8 Å². The number of alkyl carbamates (subject to hydrolysis) is 1. The number of nitrogens with zero attached hydrogens (tertiary/aromatic N) is 3. The number of aromatic amines is 1. The third kappa shape index (κ3) is 5.21. The number of thiophene rings is 1. The molecule has 3 aromatic rings. The van der Waals surface area contributed by atoms with Crippen molar-refractivity contribution < 1.29 is 17.9 Å². The van der Waals surface area contributed by atoms with Crippen molar-refractivity contribution in [1.82, 2.24) is 19.6 Å². The molecule has 12 heteroatoms. The summed E-state index contributed by atoms with van der Waals surface area (Å²) in [5.74, 6) is -0.449. The van der Waals surface area contributed by atoms with Gasteiger partial charge in [0, 0.05) is 12.6 Å². The number of rotatable bonds is 3. The van der Waals surface area contributed by atoms with Crippen LogP contribution in [0.4, 0.5) is 4.79 Å². The lowest BCUT2D eigenvalue weighted by Crippen LogP contribution is -2.53. The van der Waals surface area contributed by atoms with Crippen LogP contribution in [0.2, 0.25) is 5.02 Å². The van der Waals surface area contributed by atoms with Crippen molar-refractivity contribution in [1.29, 1.82) is 0 Å². The lowest BCUT2D eigenvalue weighted by molar-refractivity contribution is 0.0559. The molecule has 3 heterocycles. The fourth-order valence-electron chi connectivity index (χ4n) is 3.69. The number of halogens is 1. The van der Waals surface area contributed by atoms with E-state index in [0.717, 1.165) is 26.1 Å². The van der Waals surface area contributed by atoms with Crippen LogP contribution in [0.3, 0.4) is 0 Å². The van der Waals surface area contributed by atoms with Crippen LogP contribution < -0.4 is 5.32 Å². The highest BCUT2D eigenvalue weighted by Crippen LogP contribution is 2.45. The number of H-pyrrole nitrogens is 1. The van der Waals surface area contributed by atoms with E-state index in [2.05, 4.69) is 20.3 Å². The number of amides is 1. The Labute approximate surface area is 213 Å². The zero-order valence-electron chi connectivity index (χ0n) is 19.9. The highest BCUT2D eigenvalue weighted by molar-refractivity contribution is 7.89. The van der Waals surface area contributed by atoms with Crippen LogP contribution in [-0.4, -0.2) is 53.1 Å². The van der Waals surface area contributed by atoms with Crippen LogP contribution in [0.1, 0.15) is 32.6 Å². The monoisotopic (exact) mass is 535 g/mol. The Kier molecular flexibility index (Phi) is 6.45. The average Bonchev–Trinajstić information content (AvgIpc) is 3.37. The van der Waals surface area contributed by atoms with Gasteiger partial charge < -0.3 is 9.72 Å². The number of imidazole rings is 1. The predicted molar refractivity (Wildman–Crippen MR) is 138 cm³/mol. The molecule has 1 aromatic carbocycles. The molecular formula is C23H26ClN5O4S2. The summed E-state index contributed by atoms with van der Waals surface area (Å²) in [4.78, 5) is 25.9. The van der Waals surface area contributed by atoms with Gasteiger partial charge in [-0.2, -0.15) is 0 Å². The summed E-state index contributed by atoms with van der Waals surface area (Å²) in [6.45, 7) is 6.82. The van der Waals surface area contributed by atoms with E-state index < -0.39 is 27.3 Å². The van der Waals surface area contributed by atoms with Gasteiger partial charge >= 0.3 is 6.09 Å². The van der Waals surface area contributed by atoms with Crippen molar-refractivity contribution in [2.75, 3.05) is 12.8 Å². The first-order valence-electron chi connectivity index (χ1n) is 10.7. The molecule has 4 rings (SSSR count). The second kappa shape index (κ2) is 8.96. The van der Waals surface area contributed by atoms with E-state index in [1.165, 1.54) is 18.4 Å². The van der Waals surface area contributed by atoms with E-state index in [-0.39, 0.29) is 11.7 Å². The molecular weight excluding hydrogens is 510 g/mol. The topological polar surface area (TPSA) is 117 Å². The number of carbonyl (C=O) groups excluding carboxylic acids is 1. The van der Waals surface area contributed by atoms with Gasteiger partial charge in [0.2, 0.25) is 16.0 Å². The quantitative estimate of drug-likeness (QED) is 0.498. The number of aliphatic imine (C=N–C) groups is 1. The molecule has 9 nitrogen and oxygen atoms in total. The Morgan fingerprint density at radius 2 is 1.97 bits per heavy atom. The molecule has 0 unspecified atom stereocenters. The number of guanidine groups is 1. The summed E-state index contributed by atoms with van der Waals surface area (Å²) in [6, 6.07) is 11.5. The van der Waals surface area contributed by atoms with Crippen LogP contribution in [0.5, 0.6) is 0 Å². The van der Waals surface area contributed by atoms with Gasteiger partial charge in [-0.25, -0.2) is 27.5 Å². The lowest BCUT2D eigenvalue weighted by atomic mass is 10.0. The van der Waals surface area contributed by atoms with Gasteiger partial charge in [0.15, 0.2) is 0 Å². The Balaban J connectivity index is 1.74. The van der Waals surface area contributed by atoms with Gasteiger partial charge in [-0.1, -0.05) is 41.9 Å². The Morgan fingerprint density at radius 3 is 2.63 bits per heavy atom. The summed E-state index contributed by atoms with van der Waals surface area (Å²) in [6.07, 6.45) is 0.804. The molecule has 0 saturated carbocycles. The van der Waals surface area contributed by atoms with Crippen LogP contribution >= 0.6 is 22.9 Å². The summed E-state index contributed by atoms with van der Waals surface area (Å²) in [5.41, 5.74) is 0.469. The van der Waals surface area contributed by atoms with Crippen LogP contribution in [0.15, 0.2) is 47.7 Å². The Hall–Kier alpha value is -2.89. The molecule has 0 saturated heterocycles. The summed E-state index contributed by atoms with van der Waals surface area (Å²) in [5, 5.41) is 2.85. The SMILES string of the molecule is CN1C(NC(=O)OC(C)(C)C)=N[C@](C)(c2sc(-c3[nH]cnc3-c3ccccc3)cc2Cl)CS1(=O)=O. The third-order valence-electron chi connectivity index (χ3n) is 5.25. The van der Waals surface area contributed by atoms with Gasteiger partial charge in [0.1, 0.15) is 11.1 Å². The molecule has 1 amide bonds. The van der Waals surface area contributed by atoms with E-state index in [9.17, 15) is 13.2 Å². The molecule has 0 spiro atoms.